The number of anilines is 1. The number of H-pyrrole nitrogens is 1. The van der Waals surface area contributed by atoms with Gasteiger partial charge in [0.15, 0.2) is 5.82 Å². The Kier molecular flexibility index (Phi) is 5.18. The number of nitrogens with two attached hydrogens (primary N) is 1. The largest absolute Gasteiger partial charge is 0.395 e. The van der Waals surface area contributed by atoms with Crippen LogP contribution in [0.3, 0.4) is 0 Å². The highest BCUT2D eigenvalue weighted by Gasteiger charge is 2.18. The van der Waals surface area contributed by atoms with Crippen LogP contribution in [-0.2, 0) is 6.54 Å². The van der Waals surface area contributed by atoms with E-state index in [1.807, 2.05) is 6.26 Å². The molecule has 6 N–H and O–H groups in total. The standard InChI is InChI=1S/C12H19N5O2S/c1-20-5-9(19)8(4-18)14-2-7-3-15-11-10(7)16-6-17-12(11)13/h3,6,8-9,14-15,18-19H,2,4-5H2,1H3,(H2,13,16,17)/t8-,9-/m0/s1. The SMILES string of the molecule is CSC[C@H](O)[C@H](CO)NCc1c[nH]c2c(N)ncnc12. The molecule has 0 aliphatic heterocycles. The van der Waals surface area contributed by atoms with Gasteiger partial charge in [-0.05, 0) is 6.26 Å². The fraction of sp³-hybridized carbons (Fsp3) is 0.500. The van der Waals surface area contributed by atoms with Crippen molar-refractivity contribution in [1.29, 1.82) is 0 Å². The Morgan fingerprint density at radius 3 is 3.00 bits per heavy atom. The van der Waals surface area contributed by atoms with E-state index in [1.54, 1.807) is 6.20 Å². The van der Waals surface area contributed by atoms with Gasteiger partial charge in [0, 0.05) is 24.1 Å². The van der Waals surface area contributed by atoms with Gasteiger partial charge in [-0.3, -0.25) is 0 Å². The first kappa shape index (κ1) is 15.0. The second-order valence-corrected chi connectivity index (χ2v) is 5.40. The minimum Gasteiger partial charge on any atom is -0.395 e. The fourth-order valence-corrected chi connectivity index (χ4v) is 2.57. The smallest absolute Gasteiger partial charge is 0.151 e. The third-order valence-electron chi connectivity index (χ3n) is 3.12. The molecule has 0 unspecified atom stereocenters. The summed E-state index contributed by atoms with van der Waals surface area (Å²) in [6.07, 6.45) is 4.54. The second-order valence-electron chi connectivity index (χ2n) is 4.49. The molecule has 0 aromatic carbocycles. The number of aliphatic hydroxyl groups excluding tert-OH is 2. The van der Waals surface area contributed by atoms with Gasteiger partial charge < -0.3 is 26.2 Å². The van der Waals surface area contributed by atoms with E-state index in [0.717, 1.165) is 11.1 Å². The predicted octanol–water partition coefficient (Wildman–Crippen LogP) is -0.286. The number of aromatic nitrogens is 3. The molecule has 2 atom stereocenters. The van der Waals surface area contributed by atoms with E-state index in [4.69, 9.17) is 5.73 Å². The summed E-state index contributed by atoms with van der Waals surface area (Å²) in [5.74, 6) is 0.976. The number of fused-ring (bicyclic) bond motifs is 1. The molecule has 0 amide bonds. The first-order valence-corrected chi connectivity index (χ1v) is 7.64. The molecule has 0 aliphatic rings. The third-order valence-corrected chi connectivity index (χ3v) is 3.80. The van der Waals surface area contributed by atoms with Crippen LogP contribution >= 0.6 is 11.8 Å². The Bertz CT molecular complexity index is 562. The number of nitrogen functional groups attached to an aromatic ring is 1. The Labute approximate surface area is 121 Å². The molecule has 0 fully saturated rings. The lowest BCUT2D eigenvalue weighted by molar-refractivity contribution is 0.106. The zero-order valence-corrected chi connectivity index (χ0v) is 12.0. The molecule has 2 aromatic heterocycles. The van der Waals surface area contributed by atoms with E-state index < -0.39 is 6.10 Å². The minimum absolute atomic E-state index is 0.124. The van der Waals surface area contributed by atoms with E-state index in [1.165, 1.54) is 18.1 Å². The molecule has 0 saturated carbocycles. The number of rotatable bonds is 7. The Morgan fingerprint density at radius 1 is 1.50 bits per heavy atom. The van der Waals surface area contributed by atoms with Gasteiger partial charge in [0.2, 0.25) is 0 Å². The minimum atomic E-state index is -0.597. The number of hydrogen-bond acceptors (Lipinski definition) is 7. The lowest BCUT2D eigenvalue weighted by atomic mass is 10.2. The number of nitrogens with one attached hydrogen (secondary N) is 2. The van der Waals surface area contributed by atoms with Crippen molar-refractivity contribution in [1.82, 2.24) is 20.3 Å². The van der Waals surface area contributed by atoms with Crippen LogP contribution in [-0.4, -0.2) is 55.9 Å². The van der Waals surface area contributed by atoms with Crippen molar-refractivity contribution >= 4 is 28.6 Å². The van der Waals surface area contributed by atoms with Crippen LogP contribution in [0.4, 0.5) is 5.82 Å². The Morgan fingerprint density at radius 2 is 2.30 bits per heavy atom. The number of aromatic amines is 1. The van der Waals surface area contributed by atoms with E-state index in [2.05, 4.69) is 20.3 Å². The number of hydrogen-bond donors (Lipinski definition) is 5. The van der Waals surface area contributed by atoms with Crippen molar-refractivity contribution in [2.24, 2.45) is 0 Å². The summed E-state index contributed by atoms with van der Waals surface area (Å²) in [7, 11) is 0. The fourth-order valence-electron chi connectivity index (χ4n) is 2.00. The third kappa shape index (κ3) is 3.21. The van der Waals surface area contributed by atoms with Gasteiger partial charge in [-0.2, -0.15) is 11.8 Å². The molecule has 0 spiro atoms. The first-order chi connectivity index (χ1) is 9.67. The van der Waals surface area contributed by atoms with Crippen molar-refractivity contribution in [3.8, 4) is 0 Å². The lowest BCUT2D eigenvalue weighted by Gasteiger charge is -2.21. The molecule has 0 bridgehead atoms. The molecule has 0 aliphatic carbocycles. The lowest BCUT2D eigenvalue weighted by Crippen LogP contribution is -2.43. The van der Waals surface area contributed by atoms with Crippen LogP contribution in [0.25, 0.3) is 11.0 Å². The van der Waals surface area contributed by atoms with Crippen LogP contribution in [0, 0.1) is 0 Å². The van der Waals surface area contributed by atoms with Crippen LogP contribution in [0.5, 0.6) is 0 Å². The molecule has 110 valence electrons. The highest BCUT2D eigenvalue weighted by molar-refractivity contribution is 7.98. The van der Waals surface area contributed by atoms with Gasteiger partial charge in [-0.15, -0.1) is 0 Å². The molecule has 2 rings (SSSR count). The number of thioether (sulfide) groups is 1. The Balaban J connectivity index is 2.07. The number of nitrogens with zero attached hydrogens (tertiary/aromatic N) is 2. The average Bonchev–Trinajstić information content (AvgIpc) is 2.85. The molecule has 2 heterocycles. The first-order valence-electron chi connectivity index (χ1n) is 6.25. The van der Waals surface area contributed by atoms with Gasteiger partial charge in [0.1, 0.15) is 11.8 Å². The maximum absolute atomic E-state index is 9.90. The summed E-state index contributed by atoms with van der Waals surface area (Å²) < 4.78 is 0. The van der Waals surface area contributed by atoms with Crippen molar-refractivity contribution in [2.75, 3.05) is 24.3 Å². The van der Waals surface area contributed by atoms with Crippen molar-refractivity contribution in [2.45, 2.75) is 18.7 Å². The zero-order valence-electron chi connectivity index (χ0n) is 11.2. The van der Waals surface area contributed by atoms with E-state index in [-0.39, 0.29) is 12.6 Å². The second kappa shape index (κ2) is 6.89. The summed E-state index contributed by atoms with van der Waals surface area (Å²) in [6.45, 7) is 0.355. The Hall–Kier alpha value is -1.35. The maximum Gasteiger partial charge on any atom is 0.151 e. The van der Waals surface area contributed by atoms with Gasteiger partial charge >= 0.3 is 0 Å². The van der Waals surface area contributed by atoms with Crippen molar-refractivity contribution in [3.05, 3.63) is 18.1 Å². The van der Waals surface area contributed by atoms with E-state index >= 15 is 0 Å². The van der Waals surface area contributed by atoms with E-state index in [0.29, 0.717) is 23.6 Å². The normalized spacial score (nSPS) is 14.6. The topological polar surface area (TPSA) is 120 Å². The van der Waals surface area contributed by atoms with Gasteiger partial charge in [0.05, 0.1) is 24.3 Å². The molecule has 7 nitrogen and oxygen atoms in total. The van der Waals surface area contributed by atoms with Crippen LogP contribution in [0.2, 0.25) is 0 Å². The summed E-state index contributed by atoms with van der Waals surface area (Å²) in [5.41, 5.74) is 8.13. The quantitative estimate of drug-likeness (QED) is 0.476. The molecular formula is C12H19N5O2S. The highest BCUT2D eigenvalue weighted by atomic mass is 32.2. The number of aliphatic hydroxyl groups is 2. The molecule has 2 aromatic rings. The zero-order chi connectivity index (χ0) is 14.5. The summed E-state index contributed by atoms with van der Waals surface area (Å²) in [6, 6.07) is -0.369. The molecule has 20 heavy (non-hydrogen) atoms. The van der Waals surface area contributed by atoms with Crippen LogP contribution in [0.15, 0.2) is 12.5 Å². The monoisotopic (exact) mass is 297 g/mol. The molecule has 0 radical (unpaired) electrons. The molecule has 0 saturated heterocycles. The molecular weight excluding hydrogens is 278 g/mol. The van der Waals surface area contributed by atoms with Crippen molar-refractivity contribution in [3.63, 3.8) is 0 Å². The summed E-state index contributed by atoms with van der Waals surface area (Å²) >= 11 is 1.54. The van der Waals surface area contributed by atoms with Crippen LogP contribution < -0.4 is 11.1 Å². The van der Waals surface area contributed by atoms with Crippen molar-refractivity contribution < 1.29 is 10.2 Å². The molecule has 8 heteroatoms. The van der Waals surface area contributed by atoms with E-state index in [9.17, 15) is 10.2 Å². The van der Waals surface area contributed by atoms with Crippen LogP contribution in [0.1, 0.15) is 5.56 Å². The average molecular weight is 297 g/mol. The summed E-state index contributed by atoms with van der Waals surface area (Å²) in [5, 5.41) is 22.4. The van der Waals surface area contributed by atoms with Gasteiger partial charge in [-0.25, -0.2) is 9.97 Å². The maximum atomic E-state index is 9.90. The summed E-state index contributed by atoms with van der Waals surface area (Å²) in [4.78, 5) is 11.1. The predicted molar refractivity (Wildman–Crippen MR) is 80.4 cm³/mol. The van der Waals surface area contributed by atoms with Gasteiger partial charge in [0.25, 0.3) is 0 Å². The van der Waals surface area contributed by atoms with Gasteiger partial charge in [-0.1, -0.05) is 0 Å². The highest BCUT2D eigenvalue weighted by Crippen LogP contribution is 2.19.